The van der Waals surface area contributed by atoms with Crippen LogP contribution in [0.3, 0.4) is 0 Å². The van der Waals surface area contributed by atoms with Crippen molar-refractivity contribution in [1.29, 1.82) is 0 Å². The van der Waals surface area contributed by atoms with Crippen molar-refractivity contribution in [3.8, 4) is 17.3 Å². The fraction of sp³-hybridized carbons (Fsp3) is 0.300. The van der Waals surface area contributed by atoms with E-state index in [9.17, 15) is 4.39 Å². The maximum Gasteiger partial charge on any atom is 0.225 e. The molecule has 0 atom stereocenters. The first-order valence-electron chi connectivity index (χ1n) is 8.65. The first-order valence-corrected chi connectivity index (χ1v) is 9.44. The predicted octanol–water partition coefficient (Wildman–Crippen LogP) is 4.44. The molecule has 0 spiro atoms. The lowest BCUT2D eigenvalue weighted by Crippen LogP contribution is -2.12. The van der Waals surface area contributed by atoms with Crippen LogP contribution in [0.1, 0.15) is 0 Å². The summed E-state index contributed by atoms with van der Waals surface area (Å²) in [5, 5.41) is 0.852. The van der Waals surface area contributed by atoms with E-state index in [1.165, 1.54) is 0 Å². The SMILES string of the molecule is [18F]CCOCCOCCOc1nc(-c2ccc(Br)cc2)nc2ccccc12. The number of benzene rings is 2. The third-order valence-corrected chi connectivity index (χ3v) is 4.26. The lowest BCUT2D eigenvalue weighted by atomic mass is 10.2. The summed E-state index contributed by atoms with van der Waals surface area (Å²) in [7, 11) is 0. The van der Waals surface area contributed by atoms with Crippen LogP contribution in [0.4, 0.5) is 4.39 Å². The van der Waals surface area contributed by atoms with Gasteiger partial charge in [0.1, 0.15) is 13.3 Å². The average Bonchev–Trinajstić information content (AvgIpc) is 2.70. The number of hydrogen-bond acceptors (Lipinski definition) is 5. The molecule has 0 radical (unpaired) electrons. The molecule has 5 nitrogen and oxygen atoms in total. The number of hydrogen-bond donors (Lipinski definition) is 0. The molecular formula is C20H20BrFN2O3. The highest BCUT2D eigenvalue weighted by molar-refractivity contribution is 9.10. The molecule has 7 heteroatoms. The van der Waals surface area contributed by atoms with Crippen LogP contribution in [0.15, 0.2) is 53.0 Å². The molecule has 0 unspecified atom stereocenters. The monoisotopic (exact) mass is 433 g/mol. The van der Waals surface area contributed by atoms with E-state index in [1.54, 1.807) is 0 Å². The highest BCUT2D eigenvalue weighted by Gasteiger charge is 2.10. The van der Waals surface area contributed by atoms with Crippen LogP contribution in [0, 0.1) is 0 Å². The zero-order chi connectivity index (χ0) is 18.9. The van der Waals surface area contributed by atoms with Crippen molar-refractivity contribution in [2.75, 3.05) is 39.7 Å². The summed E-state index contributed by atoms with van der Waals surface area (Å²) in [4.78, 5) is 9.23. The van der Waals surface area contributed by atoms with Crippen molar-refractivity contribution < 1.29 is 18.6 Å². The summed E-state index contributed by atoms with van der Waals surface area (Å²) in [6.07, 6.45) is 0. The van der Waals surface area contributed by atoms with Gasteiger partial charge in [-0.3, -0.25) is 0 Å². The van der Waals surface area contributed by atoms with Crippen LogP contribution in [-0.4, -0.2) is 49.7 Å². The van der Waals surface area contributed by atoms with Crippen LogP contribution in [-0.2, 0) is 9.47 Å². The molecule has 0 amide bonds. The predicted molar refractivity (Wildman–Crippen MR) is 106 cm³/mol. The molecule has 27 heavy (non-hydrogen) atoms. The Kier molecular flexibility index (Phi) is 7.50. The zero-order valence-corrected chi connectivity index (χ0v) is 16.3. The molecule has 3 aromatic rings. The molecule has 0 saturated carbocycles. The molecule has 0 aliphatic heterocycles. The second-order valence-electron chi connectivity index (χ2n) is 5.64. The van der Waals surface area contributed by atoms with Gasteiger partial charge in [0.25, 0.3) is 0 Å². The normalized spacial score (nSPS) is 11.0. The van der Waals surface area contributed by atoms with Crippen LogP contribution in [0.25, 0.3) is 22.3 Å². The molecule has 3 rings (SSSR count). The number of fused-ring (bicyclic) bond motifs is 1. The van der Waals surface area contributed by atoms with Gasteiger partial charge in [0.2, 0.25) is 5.88 Å². The van der Waals surface area contributed by atoms with Gasteiger partial charge in [-0.2, -0.15) is 4.98 Å². The van der Waals surface area contributed by atoms with Gasteiger partial charge in [0.15, 0.2) is 5.82 Å². The number of para-hydroxylation sites is 1. The number of aromatic nitrogens is 2. The Morgan fingerprint density at radius 1 is 0.815 bits per heavy atom. The van der Waals surface area contributed by atoms with Gasteiger partial charge >= 0.3 is 0 Å². The summed E-state index contributed by atoms with van der Waals surface area (Å²) in [5.41, 5.74) is 1.73. The van der Waals surface area contributed by atoms with Crippen molar-refractivity contribution >= 4 is 26.8 Å². The van der Waals surface area contributed by atoms with Gasteiger partial charge in [0, 0.05) is 10.0 Å². The minimum atomic E-state index is -0.482. The largest absolute Gasteiger partial charge is 0.475 e. The highest BCUT2D eigenvalue weighted by Crippen LogP contribution is 2.27. The molecule has 1 heterocycles. The Labute approximate surface area is 165 Å². The standard InChI is InChI=1S/C20H20BrFN2O3/c21-16-7-5-15(6-8-16)19-23-18-4-2-1-3-17(18)20(24-19)27-14-13-26-12-11-25-10-9-22/h1-8H,9-14H2/i22-1. The summed E-state index contributed by atoms with van der Waals surface area (Å²) in [6, 6.07) is 15.5. The maximum atomic E-state index is 11.9. The van der Waals surface area contributed by atoms with Crippen molar-refractivity contribution in [1.82, 2.24) is 9.97 Å². The van der Waals surface area contributed by atoms with Crippen LogP contribution in [0.5, 0.6) is 5.88 Å². The summed E-state index contributed by atoms with van der Waals surface area (Å²) >= 11 is 3.43. The Morgan fingerprint density at radius 2 is 1.52 bits per heavy atom. The third kappa shape index (κ3) is 5.69. The third-order valence-electron chi connectivity index (χ3n) is 3.73. The molecule has 0 N–H and O–H groups in total. The lowest BCUT2D eigenvalue weighted by Gasteiger charge is -2.11. The van der Waals surface area contributed by atoms with Crippen molar-refractivity contribution in [3.63, 3.8) is 0 Å². The minimum Gasteiger partial charge on any atom is -0.475 e. The molecule has 0 saturated heterocycles. The Morgan fingerprint density at radius 3 is 2.30 bits per heavy atom. The average molecular weight is 434 g/mol. The maximum absolute atomic E-state index is 11.9. The van der Waals surface area contributed by atoms with E-state index in [0.29, 0.717) is 38.1 Å². The van der Waals surface area contributed by atoms with E-state index in [1.807, 2.05) is 48.5 Å². The Hall–Kier alpha value is -2.09. The smallest absolute Gasteiger partial charge is 0.225 e. The molecule has 1 aromatic heterocycles. The summed E-state index contributed by atoms with van der Waals surface area (Å²) in [6.45, 7) is 1.14. The fourth-order valence-corrected chi connectivity index (χ4v) is 2.72. The van der Waals surface area contributed by atoms with E-state index in [0.717, 1.165) is 20.9 Å². The van der Waals surface area contributed by atoms with Gasteiger partial charge in [-0.05, 0) is 24.3 Å². The first-order chi connectivity index (χ1) is 13.3. The zero-order valence-electron chi connectivity index (χ0n) is 14.7. The summed E-state index contributed by atoms with van der Waals surface area (Å²) in [5.74, 6) is 1.13. The van der Waals surface area contributed by atoms with Gasteiger partial charge in [-0.25, -0.2) is 9.37 Å². The molecule has 0 aliphatic carbocycles. The molecular weight excluding hydrogens is 414 g/mol. The second kappa shape index (κ2) is 10.3. The van der Waals surface area contributed by atoms with E-state index in [2.05, 4.69) is 25.9 Å². The number of halogens is 2. The van der Waals surface area contributed by atoms with Gasteiger partial charge in [-0.1, -0.05) is 40.2 Å². The van der Waals surface area contributed by atoms with Crippen molar-refractivity contribution in [2.24, 2.45) is 0 Å². The molecule has 2 aromatic carbocycles. The highest BCUT2D eigenvalue weighted by atomic mass is 79.9. The molecule has 0 bridgehead atoms. The fourth-order valence-electron chi connectivity index (χ4n) is 2.46. The number of nitrogens with zero attached hydrogens (tertiary/aromatic N) is 2. The Balaban J connectivity index is 1.67. The second-order valence-corrected chi connectivity index (χ2v) is 6.55. The van der Waals surface area contributed by atoms with E-state index in [4.69, 9.17) is 14.2 Å². The van der Waals surface area contributed by atoms with Crippen molar-refractivity contribution in [2.45, 2.75) is 0 Å². The number of ether oxygens (including phenoxy) is 3. The number of alkyl halides is 1. The molecule has 142 valence electrons. The van der Waals surface area contributed by atoms with E-state index in [-0.39, 0.29) is 6.61 Å². The van der Waals surface area contributed by atoms with E-state index < -0.39 is 6.67 Å². The topological polar surface area (TPSA) is 53.5 Å². The van der Waals surface area contributed by atoms with Gasteiger partial charge < -0.3 is 14.2 Å². The van der Waals surface area contributed by atoms with Crippen LogP contribution >= 0.6 is 15.9 Å². The minimum absolute atomic E-state index is 0.103. The Bertz CT molecular complexity index is 861. The first kappa shape index (κ1) is 19.7. The van der Waals surface area contributed by atoms with Gasteiger partial charge in [0.05, 0.1) is 37.3 Å². The quantitative estimate of drug-likeness (QED) is 0.442. The van der Waals surface area contributed by atoms with Crippen LogP contribution in [0.2, 0.25) is 0 Å². The van der Waals surface area contributed by atoms with E-state index >= 15 is 0 Å². The van der Waals surface area contributed by atoms with Gasteiger partial charge in [-0.15, -0.1) is 0 Å². The van der Waals surface area contributed by atoms with Crippen molar-refractivity contribution in [3.05, 3.63) is 53.0 Å². The van der Waals surface area contributed by atoms with Crippen LogP contribution < -0.4 is 4.74 Å². The lowest BCUT2D eigenvalue weighted by molar-refractivity contribution is 0.0322. The molecule has 0 aliphatic rings. The molecule has 0 fully saturated rings. The summed E-state index contributed by atoms with van der Waals surface area (Å²) < 4.78 is 29.2. The number of rotatable bonds is 10.